The predicted octanol–water partition coefficient (Wildman–Crippen LogP) is 3.81. The van der Waals surface area contributed by atoms with Gasteiger partial charge in [-0.1, -0.05) is 0 Å². The SMILES string of the molecule is CNCc1cc(-c2cccnc2F)n(S(=O)(=O)c2ccc3ccoc3c2)c1.Cl. The van der Waals surface area contributed by atoms with E-state index in [0.717, 1.165) is 9.36 Å². The minimum absolute atomic E-state index is 0. The fourth-order valence-corrected chi connectivity index (χ4v) is 4.39. The number of hydrogen-bond acceptors (Lipinski definition) is 5. The molecule has 0 aliphatic heterocycles. The van der Waals surface area contributed by atoms with Crippen molar-refractivity contribution in [2.75, 3.05) is 7.05 Å². The van der Waals surface area contributed by atoms with Crippen LogP contribution >= 0.6 is 12.4 Å². The van der Waals surface area contributed by atoms with Crippen LogP contribution in [-0.2, 0) is 16.6 Å². The summed E-state index contributed by atoms with van der Waals surface area (Å²) < 4.78 is 47.2. The highest BCUT2D eigenvalue weighted by Gasteiger charge is 2.24. The molecule has 0 saturated heterocycles. The van der Waals surface area contributed by atoms with Gasteiger partial charge in [-0.25, -0.2) is 17.4 Å². The van der Waals surface area contributed by atoms with Gasteiger partial charge in [0.05, 0.1) is 22.4 Å². The maximum atomic E-state index is 14.3. The first-order valence-corrected chi connectivity index (χ1v) is 9.64. The van der Waals surface area contributed by atoms with Crippen LogP contribution in [0.25, 0.3) is 22.2 Å². The monoisotopic (exact) mass is 421 g/mol. The highest BCUT2D eigenvalue weighted by atomic mass is 35.5. The van der Waals surface area contributed by atoms with E-state index < -0.39 is 16.0 Å². The summed E-state index contributed by atoms with van der Waals surface area (Å²) in [6.07, 6.45) is 4.30. The molecule has 0 aliphatic carbocycles. The van der Waals surface area contributed by atoms with E-state index in [-0.39, 0.29) is 28.6 Å². The summed E-state index contributed by atoms with van der Waals surface area (Å²) in [4.78, 5) is 3.69. The van der Waals surface area contributed by atoms with Crippen LogP contribution in [-0.4, -0.2) is 24.4 Å². The van der Waals surface area contributed by atoms with Crippen LogP contribution < -0.4 is 5.32 Å². The molecule has 9 heteroatoms. The second kappa shape index (κ2) is 7.75. The number of nitrogens with zero attached hydrogens (tertiary/aromatic N) is 2. The summed E-state index contributed by atoms with van der Waals surface area (Å²) in [6.45, 7) is 0.439. The fraction of sp³-hybridized carbons (Fsp3) is 0.105. The van der Waals surface area contributed by atoms with Gasteiger partial charge in [-0.05, 0) is 49.0 Å². The Balaban J connectivity index is 0.00000225. The third kappa shape index (κ3) is 3.42. The molecular formula is C19H17ClFN3O3S. The van der Waals surface area contributed by atoms with E-state index in [1.54, 1.807) is 31.3 Å². The molecule has 28 heavy (non-hydrogen) atoms. The van der Waals surface area contributed by atoms with Crippen molar-refractivity contribution in [3.8, 4) is 11.3 Å². The second-order valence-electron chi connectivity index (χ2n) is 6.03. The summed E-state index contributed by atoms with van der Waals surface area (Å²) in [5, 5.41) is 3.77. The van der Waals surface area contributed by atoms with Gasteiger partial charge < -0.3 is 9.73 Å². The molecule has 0 unspecified atom stereocenters. The van der Waals surface area contributed by atoms with Crippen molar-refractivity contribution in [2.24, 2.45) is 0 Å². The van der Waals surface area contributed by atoms with E-state index in [1.807, 2.05) is 0 Å². The van der Waals surface area contributed by atoms with Crippen LogP contribution in [0.2, 0.25) is 0 Å². The number of rotatable bonds is 5. The van der Waals surface area contributed by atoms with Crippen molar-refractivity contribution in [1.29, 1.82) is 0 Å². The van der Waals surface area contributed by atoms with Crippen LogP contribution in [0.5, 0.6) is 0 Å². The average molecular weight is 422 g/mol. The Morgan fingerprint density at radius 3 is 2.79 bits per heavy atom. The van der Waals surface area contributed by atoms with E-state index in [4.69, 9.17) is 4.42 Å². The Labute approximate surface area is 167 Å². The molecule has 0 radical (unpaired) electrons. The lowest BCUT2D eigenvalue weighted by Gasteiger charge is -2.11. The van der Waals surface area contributed by atoms with Crippen molar-refractivity contribution in [3.63, 3.8) is 0 Å². The Hall–Kier alpha value is -2.68. The van der Waals surface area contributed by atoms with Crippen molar-refractivity contribution in [3.05, 3.63) is 72.6 Å². The number of hydrogen-bond donors (Lipinski definition) is 1. The fourth-order valence-electron chi connectivity index (χ4n) is 2.98. The first kappa shape index (κ1) is 20.1. The molecule has 0 saturated carbocycles. The standard InChI is InChI=1S/C19H16FN3O3S.ClH/c1-21-11-13-9-17(16-3-2-7-22-19(16)20)23(12-13)27(24,25)15-5-4-14-6-8-26-18(14)10-15;/h2-10,12,21H,11H2,1H3;1H. The maximum absolute atomic E-state index is 14.3. The van der Waals surface area contributed by atoms with Gasteiger partial charge in [-0.3, -0.25) is 0 Å². The Morgan fingerprint density at radius 2 is 2.04 bits per heavy atom. The van der Waals surface area contributed by atoms with Gasteiger partial charge in [0.15, 0.2) is 0 Å². The van der Waals surface area contributed by atoms with E-state index in [1.165, 1.54) is 36.9 Å². The number of fused-ring (bicyclic) bond motifs is 1. The zero-order chi connectivity index (χ0) is 19.0. The second-order valence-corrected chi connectivity index (χ2v) is 7.84. The van der Waals surface area contributed by atoms with Crippen LogP contribution in [0.4, 0.5) is 4.39 Å². The lowest BCUT2D eigenvalue weighted by Crippen LogP contribution is -2.14. The van der Waals surface area contributed by atoms with Crippen LogP contribution in [0.1, 0.15) is 5.56 Å². The van der Waals surface area contributed by atoms with E-state index in [0.29, 0.717) is 17.7 Å². The molecule has 146 valence electrons. The van der Waals surface area contributed by atoms with Crippen LogP contribution in [0, 0.1) is 5.95 Å². The van der Waals surface area contributed by atoms with Crippen LogP contribution in [0.15, 0.2) is 70.4 Å². The molecule has 0 fully saturated rings. The minimum Gasteiger partial charge on any atom is -0.464 e. The minimum atomic E-state index is -3.97. The number of furan rings is 1. The molecule has 0 atom stereocenters. The van der Waals surface area contributed by atoms with Gasteiger partial charge in [0.2, 0.25) is 5.95 Å². The molecule has 4 rings (SSSR count). The van der Waals surface area contributed by atoms with Crippen molar-refractivity contribution in [1.82, 2.24) is 14.3 Å². The predicted molar refractivity (Wildman–Crippen MR) is 106 cm³/mol. The zero-order valence-corrected chi connectivity index (χ0v) is 16.4. The average Bonchev–Trinajstić information content (AvgIpc) is 3.29. The van der Waals surface area contributed by atoms with Crippen LogP contribution in [0.3, 0.4) is 0 Å². The van der Waals surface area contributed by atoms with E-state index in [2.05, 4.69) is 10.3 Å². The quantitative estimate of drug-likeness (QED) is 0.496. The van der Waals surface area contributed by atoms with Crippen molar-refractivity contribution in [2.45, 2.75) is 11.4 Å². The molecular weight excluding hydrogens is 405 g/mol. The Kier molecular flexibility index (Phi) is 5.55. The summed E-state index contributed by atoms with van der Waals surface area (Å²) >= 11 is 0. The number of aromatic nitrogens is 2. The third-order valence-electron chi connectivity index (χ3n) is 4.24. The highest BCUT2D eigenvalue weighted by Crippen LogP contribution is 2.29. The van der Waals surface area contributed by atoms with Gasteiger partial charge in [-0.2, -0.15) is 4.39 Å². The van der Waals surface area contributed by atoms with Crippen molar-refractivity contribution >= 4 is 33.4 Å². The first-order valence-electron chi connectivity index (χ1n) is 8.20. The number of nitrogens with one attached hydrogen (secondary N) is 1. The Bertz CT molecular complexity index is 1230. The number of halogens is 2. The van der Waals surface area contributed by atoms with Gasteiger partial charge in [0.1, 0.15) is 5.58 Å². The Morgan fingerprint density at radius 1 is 1.21 bits per heavy atom. The lowest BCUT2D eigenvalue weighted by molar-refractivity contribution is 0.582. The maximum Gasteiger partial charge on any atom is 0.268 e. The normalized spacial score (nSPS) is 11.5. The molecule has 3 heterocycles. The number of pyridine rings is 1. The van der Waals surface area contributed by atoms with E-state index >= 15 is 0 Å². The molecule has 4 aromatic rings. The molecule has 0 aliphatic rings. The topological polar surface area (TPSA) is 77.1 Å². The molecule has 1 aromatic carbocycles. The molecule has 0 amide bonds. The third-order valence-corrected chi connectivity index (χ3v) is 5.91. The molecule has 0 spiro atoms. The van der Waals surface area contributed by atoms with Gasteiger partial charge >= 0.3 is 0 Å². The highest BCUT2D eigenvalue weighted by molar-refractivity contribution is 7.90. The lowest BCUT2D eigenvalue weighted by atomic mass is 10.2. The smallest absolute Gasteiger partial charge is 0.268 e. The van der Waals surface area contributed by atoms with Gasteiger partial charge in [-0.15, -0.1) is 12.4 Å². The summed E-state index contributed by atoms with van der Waals surface area (Å²) in [7, 11) is -2.22. The zero-order valence-electron chi connectivity index (χ0n) is 14.8. The van der Waals surface area contributed by atoms with Gasteiger partial charge in [0, 0.05) is 30.4 Å². The molecule has 1 N–H and O–H groups in total. The summed E-state index contributed by atoms with van der Waals surface area (Å²) in [5.41, 5.74) is 1.50. The summed E-state index contributed by atoms with van der Waals surface area (Å²) in [6, 6.07) is 11.1. The van der Waals surface area contributed by atoms with Gasteiger partial charge in [0.25, 0.3) is 10.0 Å². The molecule has 0 bridgehead atoms. The largest absolute Gasteiger partial charge is 0.464 e. The summed E-state index contributed by atoms with van der Waals surface area (Å²) in [5.74, 6) is -0.732. The van der Waals surface area contributed by atoms with E-state index in [9.17, 15) is 12.8 Å². The number of benzene rings is 1. The van der Waals surface area contributed by atoms with Crippen molar-refractivity contribution < 1.29 is 17.2 Å². The first-order chi connectivity index (χ1) is 13.0. The molecule has 6 nitrogen and oxygen atoms in total. The molecule has 3 aromatic heterocycles.